The topological polar surface area (TPSA) is 82.6 Å². The highest BCUT2D eigenvalue weighted by molar-refractivity contribution is 7.89. The van der Waals surface area contributed by atoms with E-state index in [9.17, 15) is 13.2 Å². The molecule has 3 rings (SSSR count). The number of methoxy groups -OCH3 is 1. The molecule has 1 aromatic carbocycles. The van der Waals surface area contributed by atoms with Gasteiger partial charge in [0.15, 0.2) is 0 Å². The molecule has 1 amide bonds. The molecule has 0 bridgehead atoms. The molecule has 2 fully saturated rings. The zero-order valence-electron chi connectivity index (χ0n) is 23.5. The summed E-state index contributed by atoms with van der Waals surface area (Å²) in [6.45, 7) is 8.29. The lowest BCUT2D eigenvalue weighted by Gasteiger charge is -2.40. The molecule has 1 saturated carbocycles. The number of nitrogens with zero attached hydrogens (tertiary/aromatic N) is 4. The first-order chi connectivity index (χ1) is 17.5. The van der Waals surface area contributed by atoms with Gasteiger partial charge in [-0.25, -0.2) is 8.42 Å². The Balaban J connectivity index is 1.47. The van der Waals surface area contributed by atoms with Crippen LogP contribution < -0.4 is 4.74 Å². The van der Waals surface area contributed by atoms with Crippen molar-refractivity contribution in [1.82, 2.24) is 19.0 Å². The van der Waals surface area contributed by atoms with Crippen molar-refractivity contribution in [2.24, 2.45) is 0 Å². The fraction of sp³-hybridized carbons (Fsp3) is 0.741. The minimum atomic E-state index is -3.69. The summed E-state index contributed by atoms with van der Waals surface area (Å²) in [6, 6.07) is 4.20. The van der Waals surface area contributed by atoms with Gasteiger partial charge in [-0.05, 0) is 89.3 Å². The predicted octanol–water partition coefficient (Wildman–Crippen LogP) is 2.36. The normalized spacial score (nSPS) is 22.1. The van der Waals surface area contributed by atoms with Crippen molar-refractivity contribution in [3.05, 3.63) is 23.3 Å². The number of rotatable bonds is 10. The highest BCUT2D eigenvalue weighted by Gasteiger charge is 2.31. The van der Waals surface area contributed by atoms with Gasteiger partial charge in [0.2, 0.25) is 15.9 Å². The predicted molar refractivity (Wildman–Crippen MR) is 146 cm³/mol. The van der Waals surface area contributed by atoms with Crippen LogP contribution in [0, 0.1) is 13.8 Å². The lowest BCUT2D eigenvalue weighted by Crippen LogP contribution is -2.48. The second kappa shape index (κ2) is 13.4. The summed E-state index contributed by atoms with van der Waals surface area (Å²) in [5.74, 6) is 0.583. The molecule has 9 nitrogen and oxygen atoms in total. The van der Waals surface area contributed by atoms with Crippen molar-refractivity contribution in [1.29, 1.82) is 0 Å². The van der Waals surface area contributed by atoms with Gasteiger partial charge in [-0.15, -0.1) is 0 Å². The van der Waals surface area contributed by atoms with Gasteiger partial charge in [-0.1, -0.05) is 0 Å². The molecule has 1 unspecified atom stereocenters. The van der Waals surface area contributed by atoms with Crippen LogP contribution in [0.15, 0.2) is 17.0 Å². The molecule has 2 atom stereocenters. The van der Waals surface area contributed by atoms with E-state index in [0.29, 0.717) is 22.9 Å². The SMILES string of the molecule is COc1cc(C)c(S(=O)(=O)N(C)CCOCC(=O)N(C)C2CCC[C@@H](N3CCCN(C)CC3)C2)c(C)c1. The van der Waals surface area contributed by atoms with Crippen LogP contribution in [0.3, 0.4) is 0 Å². The summed E-state index contributed by atoms with van der Waals surface area (Å²) in [7, 11) is 3.48. The molecule has 1 heterocycles. The van der Waals surface area contributed by atoms with Crippen molar-refractivity contribution in [2.45, 2.75) is 62.9 Å². The first kappa shape index (κ1) is 29.8. The summed E-state index contributed by atoms with van der Waals surface area (Å²) in [5, 5.41) is 0. The van der Waals surface area contributed by atoms with Crippen LogP contribution in [0.5, 0.6) is 5.75 Å². The summed E-state index contributed by atoms with van der Waals surface area (Å²) < 4.78 is 38.5. The first-order valence-corrected chi connectivity index (χ1v) is 14.9. The number of ether oxygens (including phenoxy) is 2. The molecule has 2 aliphatic rings. The van der Waals surface area contributed by atoms with E-state index in [1.807, 2.05) is 11.9 Å². The van der Waals surface area contributed by atoms with Crippen molar-refractivity contribution in [2.75, 3.05) is 74.2 Å². The Morgan fingerprint density at radius 1 is 1.05 bits per heavy atom. The highest BCUT2D eigenvalue weighted by Crippen LogP contribution is 2.28. The lowest BCUT2D eigenvalue weighted by molar-refractivity contribution is -0.138. The van der Waals surface area contributed by atoms with Crippen molar-refractivity contribution >= 4 is 15.9 Å². The van der Waals surface area contributed by atoms with Gasteiger partial charge in [0.05, 0.1) is 18.6 Å². The first-order valence-electron chi connectivity index (χ1n) is 13.4. The van der Waals surface area contributed by atoms with E-state index in [-0.39, 0.29) is 36.6 Å². The zero-order chi connectivity index (χ0) is 27.2. The van der Waals surface area contributed by atoms with Crippen LogP contribution in [0.1, 0.15) is 43.2 Å². The largest absolute Gasteiger partial charge is 0.497 e. The number of aryl methyl sites for hydroxylation is 2. The van der Waals surface area contributed by atoms with Crippen LogP contribution in [-0.2, 0) is 19.6 Å². The maximum Gasteiger partial charge on any atom is 0.248 e. The average molecular weight is 539 g/mol. The van der Waals surface area contributed by atoms with Gasteiger partial charge >= 0.3 is 0 Å². The van der Waals surface area contributed by atoms with Crippen molar-refractivity contribution < 1.29 is 22.7 Å². The minimum absolute atomic E-state index is 0.0410. The Bertz CT molecular complexity index is 995. The van der Waals surface area contributed by atoms with Crippen LogP contribution in [0.4, 0.5) is 0 Å². The smallest absolute Gasteiger partial charge is 0.248 e. The molecule has 37 heavy (non-hydrogen) atoms. The molecule has 1 aromatic rings. The fourth-order valence-corrected chi connectivity index (χ4v) is 7.18. The minimum Gasteiger partial charge on any atom is -0.497 e. The Labute approximate surface area is 223 Å². The number of sulfonamides is 1. The Hall–Kier alpha value is -1.72. The van der Waals surface area contributed by atoms with Crippen LogP contribution in [-0.4, -0.2) is 120 Å². The summed E-state index contributed by atoms with van der Waals surface area (Å²) in [5.41, 5.74) is 1.28. The molecule has 210 valence electrons. The lowest BCUT2D eigenvalue weighted by atomic mass is 9.89. The van der Waals surface area contributed by atoms with Crippen LogP contribution >= 0.6 is 0 Å². The standard InChI is InChI=1S/C27H46N4O5S/c1-21-17-25(35-6)18-22(2)27(21)37(33,34)29(4)15-16-36-20-26(32)30(5)23-9-7-10-24(19-23)31-12-8-11-28(3)13-14-31/h17-18,23-24H,7-16,19-20H2,1-6H3/t23?,24-/m1/s1. The van der Waals surface area contributed by atoms with Crippen molar-refractivity contribution in [3.8, 4) is 5.75 Å². The van der Waals surface area contributed by atoms with Crippen molar-refractivity contribution in [3.63, 3.8) is 0 Å². The number of carbonyl (C=O) groups excluding carboxylic acids is 1. The molecule has 10 heteroatoms. The van der Waals surface area contributed by atoms with Crippen LogP contribution in [0.25, 0.3) is 0 Å². The molecule has 1 aliphatic heterocycles. The Morgan fingerprint density at radius 3 is 2.43 bits per heavy atom. The number of amides is 1. The van der Waals surface area contributed by atoms with E-state index in [0.717, 1.165) is 45.4 Å². The molecular weight excluding hydrogens is 492 g/mol. The third kappa shape index (κ3) is 7.66. The maximum absolute atomic E-state index is 13.2. The number of benzene rings is 1. The molecule has 0 radical (unpaired) electrons. The number of carbonyl (C=O) groups is 1. The molecule has 0 N–H and O–H groups in total. The number of hydrogen-bond donors (Lipinski definition) is 0. The van der Waals surface area contributed by atoms with E-state index in [1.165, 1.54) is 17.1 Å². The molecule has 1 saturated heterocycles. The van der Waals surface area contributed by atoms with Gasteiger partial charge < -0.3 is 19.3 Å². The summed E-state index contributed by atoms with van der Waals surface area (Å²) in [4.78, 5) is 20.0. The van der Waals surface area contributed by atoms with E-state index in [2.05, 4.69) is 16.8 Å². The number of hydrogen-bond acceptors (Lipinski definition) is 7. The van der Waals surface area contributed by atoms with Gasteiger partial charge in [0, 0.05) is 45.8 Å². The second-order valence-electron chi connectivity index (χ2n) is 10.6. The van der Waals surface area contributed by atoms with Gasteiger partial charge in [0.1, 0.15) is 12.4 Å². The quantitative estimate of drug-likeness (QED) is 0.423. The number of likely N-dealkylation sites (N-methyl/N-ethyl adjacent to an activating group) is 3. The van der Waals surface area contributed by atoms with Crippen LogP contribution in [0.2, 0.25) is 0 Å². The average Bonchev–Trinajstić information content (AvgIpc) is 3.09. The zero-order valence-corrected chi connectivity index (χ0v) is 24.3. The van der Waals surface area contributed by atoms with E-state index < -0.39 is 10.0 Å². The molecule has 1 aliphatic carbocycles. The van der Waals surface area contributed by atoms with Gasteiger partial charge in [0.25, 0.3) is 0 Å². The summed E-state index contributed by atoms with van der Waals surface area (Å²) in [6.07, 6.45) is 5.56. The third-order valence-electron chi connectivity index (χ3n) is 7.94. The van der Waals surface area contributed by atoms with Gasteiger partial charge in [-0.2, -0.15) is 4.31 Å². The second-order valence-corrected chi connectivity index (χ2v) is 12.6. The fourth-order valence-electron chi connectivity index (χ4n) is 5.62. The molecular formula is C27H46N4O5S. The maximum atomic E-state index is 13.2. The molecule has 0 spiro atoms. The Kier molecular flexibility index (Phi) is 10.8. The Morgan fingerprint density at radius 2 is 1.76 bits per heavy atom. The van der Waals surface area contributed by atoms with E-state index in [1.54, 1.807) is 40.1 Å². The highest BCUT2D eigenvalue weighted by atomic mass is 32.2. The summed E-state index contributed by atoms with van der Waals surface area (Å²) >= 11 is 0. The molecule has 0 aromatic heterocycles. The van der Waals surface area contributed by atoms with E-state index in [4.69, 9.17) is 9.47 Å². The van der Waals surface area contributed by atoms with Gasteiger partial charge in [-0.3, -0.25) is 9.69 Å². The van der Waals surface area contributed by atoms with E-state index >= 15 is 0 Å². The third-order valence-corrected chi connectivity index (χ3v) is 10.1. The monoisotopic (exact) mass is 538 g/mol.